The molecule has 14 heavy (non-hydrogen) atoms. The third-order valence-corrected chi connectivity index (χ3v) is 3.51. The van der Waals surface area contributed by atoms with E-state index in [1.54, 1.807) is 7.11 Å². The Morgan fingerprint density at radius 1 is 1.43 bits per heavy atom. The van der Waals surface area contributed by atoms with Gasteiger partial charge >= 0.3 is 0 Å². The van der Waals surface area contributed by atoms with Gasteiger partial charge in [-0.1, -0.05) is 0 Å². The number of nitrogens with zero attached hydrogens (tertiary/aromatic N) is 1. The molecule has 3 heteroatoms. The SMILES string of the molecule is COCCN(CC1(N)CCC1)C1CC1. The molecule has 0 aliphatic heterocycles. The monoisotopic (exact) mass is 198 g/mol. The molecule has 0 unspecified atom stereocenters. The van der Waals surface area contributed by atoms with Gasteiger partial charge < -0.3 is 10.5 Å². The van der Waals surface area contributed by atoms with Crippen LogP contribution >= 0.6 is 0 Å². The smallest absolute Gasteiger partial charge is 0.0589 e. The van der Waals surface area contributed by atoms with Crippen LogP contribution in [0.25, 0.3) is 0 Å². The minimum Gasteiger partial charge on any atom is -0.383 e. The van der Waals surface area contributed by atoms with Crippen molar-refractivity contribution in [3.8, 4) is 0 Å². The van der Waals surface area contributed by atoms with Crippen molar-refractivity contribution in [2.24, 2.45) is 5.73 Å². The molecule has 3 nitrogen and oxygen atoms in total. The van der Waals surface area contributed by atoms with Gasteiger partial charge in [0.2, 0.25) is 0 Å². The van der Waals surface area contributed by atoms with Gasteiger partial charge in [0.1, 0.15) is 0 Å². The molecule has 2 aliphatic rings. The molecular weight excluding hydrogens is 176 g/mol. The van der Waals surface area contributed by atoms with E-state index >= 15 is 0 Å². The first-order valence-electron chi connectivity index (χ1n) is 5.75. The topological polar surface area (TPSA) is 38.5 Å². The Morgan fingerprint density at radius 3 is 2.57 bits per heavy atom. The highest BCUT2D eigenvalue weighted by atomic mass is 16.5. The second-order valence-electron chi connectivity index (χ2n) is 4.91. The average molecular weight is 198 g/mol. The van der Waals surface area contributed by atoms with Crippen LogP contribution in [0.1, 0.15) is 32.1 Å². The van der Waals surface area contributed by atoms with Gasteiger partial charge in [-0.3, -0.25) is 4.90 Å². The van der Waals surface area contributed by atoms with Crippen molar-refractivity contribution in [1.82, 2.24) is 4.90 Å². The zero-order valence-electron chi connectivity index (χ0n) is 9.17. The Hall–Kier alpha value is -0.120. The lowest BCUT2D eigenvalue weighted by atomic mass is 9.77. The molecule has 0 aromatic carbocycles. The Bertz CT molecular complexity index is 188. The van der Waals surface area contributed by atoms with Crippen LogP contribution in [0.2, 0.25) is 0 Å². The van der Waals surface area contributed by atoms with Crippen molar-refractivity contribution in [3.05, 3.63) is 0 Å². The highest BCUT2D eigenvalue weighted by Crippen LogP contribution is 2.34. The normalized spacial score (nSPS) is 25.1. The molecule has 0 bridgehead atoms. The number of methoxy groups -OCH3 is 1. The second kappa shape index (κ2) is 4.17. The first kappa shape index (κ1) is 10.4. The minimum atomic E-state index is 0.135. The molecule has 0 radical (unpaired) electrons. The van der Waals surface area contributed by atoms with Gasteiger partial charge in [-0.2, -0.15) is 0 Å². The van der Waals surface area contributed by atoms with E-state index in [0.29, 0.717) is 0 Å². The molecule has 2 rings (SSSR count). The summed E-state index contributed by atoms with van der Waals surface area (Å²) in [6, 6.07) is 0.811. The fraction of sp³-hybridized carbons (Fsp3) is 1.00. The molecule has 2 fully saturated rings. The summed E-state index contributed by atoms with van der Waals surface area (Å²) in [5, 5.41) is 0. The van der Waals surface area contributed by atoms with Crippen LogP contribution in [0.4, 0.5) is 0 Å². The van der Waals surface area contributed by atoms with Crippen molar-refractivity contribution < 1.29 is 4.74 Å². The van der Waals surface area contributed by atoms with Crippen LogP contribution in [-0.2, 0) is 4.74 Å². The standard InChI is InChI=1S/C11H22N2O/c1-14-8-7-13(10-3-4-10)9-11(12)5-2-6-11/h10H,2-9,12H2,1H3. The van der Waals surface area contributed by atoms with E-state index in [0.717, 1.165) is 25.7 Å². The van der Waals surface area contributed by atoms with Crippen LogP contribution < -0.4 is 5.73 Å². The van der Waals surface area contributed by atoms with E-state index < -0.39 is 0 Å². The summed E-state index contributed by atoms with van der Waals surface area (Å²) < 4.78 is 5.13. The number of hydrogen-bond donors (Lipinski definition) is 1. The molecule has 2 saturated carbocycles. The highest BCUT2D eigenvalue weighted by molar-refractivity contribution is 4.98. The Morgan fingerprint density at radius 2 is 2.14 bits per heavy atom. The first-order chi connectivity index (χ1) is 6.73. The molecule has 0 amide bonds. The van der Waals surface area contributed by atoms with E-state index in [-0.39, 0.29) is 5.54 Å². The van der Waals surface area contributed by atoms with Gasteiger partial charge in [0, 0.05) is 31.8 Å². The first-order valence-corrected chi connectivity index (χ1v) is 5.75. The van der Waals surface area contributed by atoms with E-state index in [2.05, 4.69) is 4.90 Å². The summed E-state index contributed by atoms with van der Waals surface area (Å²) in [4.78, 5) is 2.53. The maximum Gasteiger partial charge on any atom is 0.0589 e. The van der Waals surface area contributed by atoms with Crippen molar-refractivity contribution in [1.29, 1.82) is 0 Å². The number of hydrogen-bond acceptors (Lipinski definition) is 3. The lowest BCUT2D eigenvalue weighted by Crippen LogP contribution is -2.55. The van der Waals surface area contributed by atoms with Crippen molar-refractivity contribution in [2.45, 2.75) is 43.7 Å². The highest BCUT2D eigenvalue weighted by Gasteiger charge is 2.38. The van der Waals surface area contributed by atoms with E-state index in [1.807, 2.05) is 0 Å². The van der Waals surface area contributed by atoms with Gasteiger partial charge in [0.05, 0.1) is 6.61 Å². The third kappa shape index (κ3) is 2.47. The third-order valence-electron chi connectivity index (χ3n) is 3.51. The van der Waals surface area contributed by atoms with E-state index in [1.165, 1.54) is 32.1 Å². The molecule has 0 atom stereocenters. The molecule has 0 spiro atoms. The summed E-state index contributed by atoms with van der Waals surface area (Å²) in [7, 11) is 1.77. The summed E-state index contributed by atoms with van der Waals surface area (Å²) in [6.07, 6.45) is 6.46. The van der Waals surface area contributed by atoms with Gasteiger partial charge in [0.15, 0.2) is 0 Å². The molecule has 0 heterocycles. The summed E-state index contributed by atoms with van der Waals surface area (Å²) in [6.45, 7) is 2.98. The fourth-order valence-electron chi connectivity index (χ4n) is 2.23. The summed E-state index contributed by atoms with van der Waals surface area (Å²) in [5.41, 5.74) is 6.39. The lowest BCUT2D eigenvalue weighted by Gasteiger charge is -2.42. The molecule has 0 saturated heterocycles. The van der Waals surface area contributed by atoms with Gasteiger partial charge in [-0.05, 0) is 32.1 Å². The van der Waals surface area contributed by atoms with Crippen molar-refractivity contribution >= 4 is 0 Å². The largest absolute Gasteiger partial charge is 0.383 e. The zero-order chi connectivity index (χ0) is 10.0. The fourth-order valence-corrected chi connectivity index (χ4v) is 2.23. The van der Waals surface area contributed by atoms with Crippen molar-refractivity contribution in [3.63, 3.8) is 0 Å². The number of nitrogens with two attached hydrogens (primary N) is 1. The number of rotatable bonds is 6. The zero-order valence-corrected chi connectivity index (χ0v) is 9.17. The molecule has 2 N–H and O–H groups in total. The predicted octanol–water partition coefficient (Wildman–Crippen LogP) is 0.979. The molecule has 82 valence electrons. The van der Waals surface area contributed by atoms with E-state index in [4.69, 9.17) is 10.5 Å². The quantitative estimate of drug-likeness (QED) is 0.691. The maximum atomic E-state index is 6.26. The molecule has 2 aliphatic carbocycles. The van der Waals surface area contributed by atoms with Crippen LogP contribution in [0.15, 0.2) is 0 Å². The molecule has 0 aromatic rings. The Labute approximate surface area is 86.6 Å². The van der Waals surface area contributed by atoms with Crippen LogP contribution in [0, 0.1) is 0 Å². The summed E-state index contributed by atoms with van der Waals surface area (Å²) >= 11 is 0. The van der Waals surface area contributed by atoms with Gasteiger partial charge in [-0.15, -0.1) is 0 Å². The second-order valence-corrected chi connectivity index (χ2v) is 4.91. The Kier molecular flexibility index (Phi) is 3.10. The maximum absolute atomic E-state index is 6.26. The minimum absolute atomic E-state index is 0.135. The molecular formula is C11H22N2O. The molecule has 0 aromatic heterocycles. The summed E-state index contributed by atoms with van der Waals surface area (Å²) in [5.74, 6) is 0. The van der Waals surface area contributed by atoms with E-state index in [9.17, 15) is 0 Å². The number of ether oxygens (including phenoxy) is 1. The Balaban J connectivity index is 1.77. The van der Waals surface area contributed by atoms with Gasteiger partial charge in [-0.25, -0.2) is 0 Å². The van der Waals surface area contributed by atoms with Crippen LogP contribution in [-0.4, -0.2) is 43.3 Å². The van der Waals surface area contributed by atoms with Crippen LogP contribution in [0.3, 0.4) is 0 Å². The van der Waals surface area contributed by atoms with Crippen LogP contribution in [0.5, 0.6) is 0 Å². The lowest BCUT2D eigenvalue weighted by molar-refractivity contribution is 0.100. The van der Waals surface area contributed by atoms with Crippen molar-refractivity contribution in [2.75, 3.05) is 26.8 Å². The predicted molar refractivity (Wildman–Crippen MR) is 57.2 cm³/mol. The average Bonchev–Trinajstić information content (AvgIpc) is 2.92. The van der Waals surface area contributed by atoms with Gasteiger partial charge in [0.25, 0.3) is 0 Å².